The Morgan fingerprint density at radius 3 is 1.75 bits per heavy atom. The second-order valence-electron chi connectivity index (χ2n) is 6.68. The molecule has 16 nitrogen and oxygen atoms in total. The second kappa shape index (κ2) is 24.8. The van der Waals surface area contributed by atoms with Crippen LogP contribution >= 0.6 is 0 Å². The molecule has 0 fully saturated rings. The predicted molar refractivity (Wildman–Crippen MR) is 140 cm³/mol. The molecule has 0 aliphatic rings. The van der Waals surface area contributed by atoms with E-state index < -0.39 is 0 Å². The summed E-state index contributed by atoms with van der Waals surface area (Å²) in [6, 6.07) is 13.0. The molecule has 0 atom stereocenters. The number of halogens is 4. The topological polar surface area (TPSA) is 312 Å². The van der Waals surface area contributed by atoms with Gasteiger partial charge < -0.3 is 84.0 Å². The van der Waals surface area contributed by atoms with Crippen LogP contribution in [0.25, 0.3) is 0 Å². The highest BCUT2D eigenvalue weighted by Gasteiger charge is 2.03. The number of nitrogens with two attached hydrogens (primary N) is 8. The van der Waals surface area contributed by atoms with Crippen LogP contribution in [0.2, 0.25) is 0 Å². The molecular weight excluding hydrogens is 606 g/mol. The number of pyridine rings is 1. The van der Waals surface area contributed by atoms with E-state index in [1.165, 1.54) is 6.21 Å². The monoisotopic (exact) mass is 636 g/mol. The van der Waals surface area contributed by atoms with Crippen molar-refractivity contribution in [2.75, 3.05) is 6.54 Å². The van der Waals surface area contributed by atoms with Crippen molar-refractivity contribution in [3.8, 4) is 0 Å². The lowest BCUT2D eigenvalue weighted by molar-refractivity contribution is -0.464. The van der Waals surface area contributed by atoms with Crippen molar-refractivity contribution >= 4 is 48.6 Å². The van der Waals surface area contributed by atoms with Crippen LogP contribution in [0.3, 0.4) is 0 Å². The first-order valence-electron chi connectivity index (χ1n) is 10.1. The van der Waals surface area contributed by atoms with Gasteiger partial charge in [-0.25, -0.2) is 4.99 Å². The summed E-state index contributed by atoms with van der Waals surface area (Å²) in [4.78, 5) is 6.00. The number of hydrazone groups is 1. The molecular formula is C20H32Cl4N16. The number of guanidine groups is 3. The minimum atomic E-state index is -0.108. The van der Waals surface area contributed by atoms with E-state index in [-0.39, 0.29) is 67.5 Å². The van der Waals surface area contributed by atoms with E-state index in [1.54, 1.807) is 18.5 Å². The molecule has 1 aromatic carbocycles. The van der Waals surface area contributed by atoms with E-state index in [0.717, 1.165) is 16.8 Å². The van der Waals surface area contributed by atoms with E-state index >= 15 is 0 Å². The van der Waals surface area contributed by atoms with Crippen LogP contribution in [-0.2, 0) is 0 Å². The molecule has 0 aliphatic carbocycles. The molecule has 2 rings (SSSR count). The maximum atomic E-state index is 5.32. The Balaban J connectivity index is -0.000000295. The highest BCUT2D eigenvalue weighted by Crippen LogP contribution is 1.99. The fourth-order valence-corrected chi connectivity index (χ4v) is 2.13. The lowest BCUT2D eigenvalue weighted by Crippen LogP contribution is -3.00. The minimum Gasteiger partial charge on any atom is -1.00 e. The molecule has 0 radical (unpaired) electrons. The Morgan fingerprint density at radius 1 is 0.700 bits per heavy atom. The van der Waals surface area contributed by atoms with Gasteiger partial charge in [-0.05, 0) is 23.8 Å². The van der Waals surface area contributed by atoms with Gasteiger partial charge in [0.2, 0.25) is 24.2 Å². The van der Waals surface area contributed by atoms with Crippen molar-refractivity contribution in [3.05, 3.63) is 65.0 Å². The van der Waals surface area contributed by atoms with Crippen LogP contribution in [0.5, 0.6) is 0 Å². The summed E-state index contributed by atoms with van der Waals surface area (Å²) in [5.41, 5.74) is 39.5. The Kier molecular flexibility index (Phi) is 26.4. The number of nitrogens with one attached hydrogen (secondary N) is 3. The molecule has 0 saturated carbocycles. The number of aromatic nitrogens is 1. The Hall–Kier alpha value is -4.51. The van der Waals surface area contributed by atoms with Crippen LogP contribution in [-0.4, -0.2) is 55.1 Å². The molecule has 19 N–H and O–H groups in total. The standard InChI is InChI=1S/C11H15N7.C9H13N9.4ClH/c12-10(13)7-16-5-8-1-3-9(4-2-8)6-17-18-11(14)15;10-8(11)17-14-4-6-2-1-3-7(16-6)5-15-18-9(12)13;;;;/h1-6H,7H2,(H3,12,13)(H4,14,15,18);1-5H,(H4,10,11,17)(H4,12,13,18);4*1H/b16-5?,17-6+;14-4+,15-5+;;;;. The maximum absolute atomic E-state index is 5.32. The Bertz CT molecular complexity index is 1150. The average Bonchev–Trinajstić information content (AvgIpc) is 2.80. The number of hydrogen-bond donors (Lipinski definition) is 10. The van der Waals surface area contributed by atoms with Gasteiger partial charge in [-0.1, -0.05) is 17.2 Å². The third-order valence-corrected chi connectivity index (χ3v) is 3.52. The largest absolute Gasteiger partial charge is 1.00 e. The molecule has 0 spiro atoms. The smallest absolute Gasteiger partial charge is 0.305 e. The second-order valence-corrected chi connectivity index (χ2v) is 6.68. The van der Waals surface area contributed by atoms with Gasteiger partial charge in [0.1, 0.15) is 6.21 Å². The number of aromatic amines is 1. The molecule has 0 bridgehead atoms. The summed E-state index contributed by atoms with van der Waals surface area (Å²) in [6.07, 6.45) is 6.43. The number of rotatable bonds is 9. The number of H-pyrrole nitrogens is 1. The van der Waals surface area contributed by atoms with E-state index in [9.17, 15) is 0 Å². The Labute approximate surface area is 255 Å². The minimum absolute atomic E-state index is 0. The number of benzene rings is 1. The van der Waals surface area contributed by atoms with Crippen LogP contribution < -0.4 is 110 Å². The van der Waals surface area contributed by atoms with Crippen molar-refractivity contribution in [2.45, 2.75) is 0 Å². The molecule has 0 amide bonds. The lowest BCUT2D eigenvalue weighted by atomic mass is 10.2. The van der Waals surface area contributed by atoms with Crippen molar-refractivity contribution in [1.82, 2.24) is 0 Å². The molecule has 1 heterocycles. The third-order valence-electron chi connectivity index (χ3n) is 3.52. The van der Waals surface area contributed by atoms with Gasteiger partial charge in [0, 0.05) is 22.8 Å². The number of nitrogens with zero attached hydrogens (tertiary/aromatic N) is 5. The van der Waals surface area contributed by atoms with E-state index in [4.69, 9.17) is 45.5 Å². The summed E-state index contributed by atoms with van der Waals surface area (Å²) >= 11 is 0. The molecule has 1 aromatic heterocycles. The normalized spacial score (nSPS) is 9.70. The molecule has 0 saturated heterocycles. The fraction of sp³-hybridized carbons (Fsp3) is 0.0500. The zero-order chi connectivity index (χ0) is 26.8. The van der Waals surface area contributed by atoms with Crippen LogP contribution in [0.15, 0.2) is 68.0 Å². The molecule has 0 aliphatic heterocycles. The number of amidine groups is 1. The van der Waals surface area contributed by atoms with Gasteiger partial charge in [-0.3, -0.25) is 11.1 Å². The summed E-state index contributed by atoms with van der Waals surface area (Å²) in [7, 11) is 0. The summed E-state index contributed by atoms with van der Waals surface area (Å²) in [5, 5.41) is 25.8. The first-order valence-corrected chi connectivity index (χ1v) is 10.1. The SMILES string of the molecule is NC(=[NH2+])C[NH+]=Cc1ccc(/C=N/N=C(N)N)cc1.NC(N)=N/N=C/c1cccc(/C=[NH+]/N=C(N)N)[nH+]1.[Cl-].[Cl-].[Cl-].[Cl-]. The first kappa shape index (κ1) is 42.6. The van der Waals surface area contributed by atoms with E-state index in [0.29, 0.717) is 18.1 Å². The van der Waals surface area contributed by atoms with Crippen molar-refractivity contribution in [3.63, 3.8) is 0 Å². The van der Waals surface area contributed by atoms with Gasteiger partial charge in [-0.15, -0.1) is 15.3 Å². The molecule has 20 heteroatoms. The molecule has 40 heavy (non-hydrogen) atoms. The quantitative estimate of drug-likeness (QED) is 0.0718. The van der Waals surface area contributed by atoms with Gasteiger partial charge in [0.25, 0.3) is 17.9 Å². The van der Waals surface area contributed by atoms with Crippen LogP contribution in [0, 0.1) is 0 Å². The molecule has 2 aromatic rings. The zero-order valence-electron chi connectivity index (χ0n) is 20.9. The van der Waals surface area contributed by atoms with Crippen molar-refractivity contribution in [1.29, 1.82) is 0 Å². The molecule has 0 unspecified atom stereocenters. The first-order chi connectivity index (χ1) is 17.2. The fourth-order valence-electron chi connectivity index (χ4n) is 2.13. The predicted octanol–water partition coefficient (Wildman–Crippen LogP) is -20.3. The van der Waals surface area contributed by atoms with Crippen LogP contribution in [0.4, 0.5) is 0 Å². The van der Waals surface area contributed by atoms with Gasteiger partial charge in [0.15, 0.2) is 6.21 Å². The van der Waals surface area contributed by atoms with E-state index in [1.807, 2.05) is 42.6 Å². The van der Waals surface area contributed by atoms with Gasteiger partial charge in [-0.2, -0.15) is 10.1 Å². The highest BCUT2D eigenvalue weighted by atomic mass is 35.5. The summed E-state index contributed by atoms with van der Waals surface area (Å²) in [6.45, 7) is 0.438. The van der Waals surface area contributed by atoms with Gasteiger partial charge >= 0.3 is 5.84 Å². The van der Waals surface area contributed by atoms with Crippen LogP contribution in [0.1, 0.15) is 22.5 Å². The third kappa shape index (κ3) is 22.7. The van der Waals surface area contributed by atoms with Gasteiger partial charge in [0.05, 0.1) is 6.21 Å². The summed E-state index contributed by atoms with van der Waals surface area (Å²) < 4.78 is 0. The highest BCUT2D eigenvalue weighted by molar-refractivity contribution is 5.84. The lowest BCUT2D eigenvalue weighted by Gasteiger charge is -1.92. The van der Waals surface area contributed by atoms with Crippen molar-refractivity contribution < 1.29 is 70.1 Å². The summed E-state index contributed by atoms with van der Waals surface area (Å²) in [5.74, 6) is 0.100. The number of hydrogen-bond acceptors (Lipinski definition) is 5. The Morgan fingerprint density at radius 2 is 1.23 bits per heavy atom. The van der Waals surface area contributed by atoms with Crippen molar-refractivity contribution in [2.24, 2.45) is 65.6 Å². The zero-order valence-corrected chi connectivity index (χ0v) is 23.9. The van der Waals surface area contributed by atoms with E-state index in [2.05, 4.69) is 40.6 Å². The average molecular weight is 638 g/mol. The molecule has 220 valence electrons. The maximum Gasteiger partial charge on any atom is 0.305 e.